The average Bonchev–Trinajstić information content (AvgIpc) is 2.87. The lowest BCUT2D eigenvalue weighted by Gasteiger charge is -2.36. The summed E-state index contributed by atoms with van der Waals surface area (Å²) in [6, 6.07) is -0.510. The van der Waals surface area contributed by atoms with E-state index in [4.69, 9.17) is 4.74 Å². The zero-order valence-electron chi connectivity index (χ0n) is 11.8. The van der Waals surface area contributed by atoms with E-state index in [2.05, 4.69) is 0 Å². The maximum absolute atomic E-state index is 12.7. The van der Waals surface area contributed by atoms with Crippen molar-refractivity contribution >= 4 is 11.9 Å². The van der Waals surface area contributed by atoms with Gasteiger partial charge in [-0.25, -0.2) is 4.79 Å². The number of carboxylic acids is 1. The molecule has 0 aromatic carbocycles. The zero-order valence-corrected chi connectivity index (χ0v) is 11.8. The van der Waals surface area contributed by atoms with Crippen LogP contribution in [0.2, 0.25) is 0 Å². The second-order valence-electron chi connectivity index (χ2n) is 6.30. The van der Waals surface area contributed by atoms with Gasteiger partial charge in [0.05, 0.1) is 0 Å². The highest BCUT2D eigenvalue weighted by Crippen LogP contribution is 2.40. The Bertz CT molecular complexity index is 391. The first-order valence-electron chi connectivity index (χ1n) is 7.85. The summed E-state index contributed by atoms with van der Waals surface area (Å²) in [5, 5.41) is 9.44. The van der Waals surface area contributed by atoms with Gasteiger partial charge in [0.15, 0.2) is 0 Å². The summed E-state index contributed by atoms with van der Waals surface area (Å²) in [6.07, 6.45) is 7.21. The number of hydrogen-bond donors (Lipinski definition) is 1. The molecule has 2 saturated heterocycles. The van der Waals surface area contributed by atoms with Crippen LogP contribution in [-0.2, 0) is 14.3 Å². The number of carbonyl (C=O) groups excluding carboxylic acids is 1. The smallest absolute Gasteiger partial charge is 0.326 e. The number of rotatable bonds is 2. The molecular formula is C15H23NO4. The predicted molar refractivity (Wildman–Crippen MR) is 72.2 cm³/mol. The van der Waals surface area contributed by atoms with Gasteiger partial charge in [-0.1, -0.05) is 12.8 Å². The molecule has 3 rings (SSSR count). The molecule has 0 radical (unpaired) electrons. The monoisotopic (exact) mass is 281 g/mol. The number of fused-ring (bicyclic) bond motifs is 1. The van der Waals surface area contributed by atoms with E-state index >= 15 is 0 Å². The van der Waals surface area contributed by atoms with Gasteiger partial charge in [-0.2, -0.15) is 0 Å². The highest BCUT2D eigenvalue weighted by atomic mass is 16.5. The van der Waals surface area contributed by atoms with Gasteiger partial charge in [0.25, 0.3) is 5.91 Å². The minimum Gasteiger partial charge on any atom is -0.480 e. The maximum atomic E-state index is 12.7. The summed E-state index contributed by atoms with van der Waals surface area (Å²) in [7, 11) is 0. The molecule has 2 aliphatic heterocycles. The first-order chi connectivity index (χ1) is 9.68. The van der Waals surface area contributed by atoms with Crippen LogP contribution in [0.15, 0.2) is 0 Å². The van der Waals surface area contributed by atoms with Crippen LogP contribution in [0, 0.1) is 5.92 Å². The molecular weight excluding hydrogens is 258 g/mol. The molecule has 1 amide bonds. The topological polar surface area (TPSA) is 66.8 Å². The van der Waals surface area contributed by atoms with Crippen molar-refractivity contribution in [2.45, 2.75) is 69.6 Å². The molecule has 1 N–H and O–H groups in total. The average molecular weight is 281 g/mol. The number of amides is 1. The van der Waals surface area contributed by atoms with Crippen molar-refractivity contribution in [3.63, 3.8) is 0 Å². The SMILES string of the molecule is O=C(O)[C@@H]1C[C@@H]2CCCC[C@@H]2N1C(=O)[C@H]1CCCCO1. The number of likely N-dealkylation sites (tertiary alicyclic amines) is 1. The lowest BCUT2D eigenvalue weighted by molar-refractivity contribution is -0.158. The van der Waals surface area contributed by atoms with Crippen molar-refractivity contribution in [2.24, 2.45) is 5.92 Å². The number of nitrogens with zero attached hydrogens (tertiary/aromatic N) is 1. The first-order valence-corrected chi connectivity index (χ1v) is 7.85. The maximum Gasteiger partial charge on any atom is 0.326 e. The number of carbonyl (C=O) groups is 2. The fraction of sp³-hybridized carbons (Fsp3) is 0.867. The molecule has 3 fully saturated rings. The Morgan fingerprint density at radius 1 is 1.05 bits per heavy atom. The minimum atomic E-state index is -0.858. The zero-order chi connectivity index (χ0) is 14.1. The first kappa shape index (κ1) is 13.9. The van der Waals surface area contributed by atoms with E-state index in [1.54, 1.807) is 4.90 Å². The second kappa shape index (κ2) is 5.72. The van der Waals surface area contributed by atoms with Crippen LogP contribution in [0.4, 0.5) is 0 Å². The molecule has 1 aliphatic carbocycles. The van der Waals surface area contributed by atoms with Crippen LogP contribution in [-0.4, -0.2) is 46.7 Å². The van der Waals surface area contributed by atoms with Gasteiger partial charge >= 0.3 is 5.97 Å². The molecule has 0 bridgehead atoms. The highest BCUT2D eigenvalue weighted by molar-refractivity contribution is 5.87. The van der Waals surface area contributed by atoms with Crippen molar-refractivity contribution in [3.05, 3.63) is 0 Å². The Hall–Kier alpha value is -1.10. The van der Waals surface area contributed by atoms with Gasteiger partial charge in [0.1, 0.15) is 12.1 Å². The second-order valence-corrected chi connectivity index (χ2v) is 6.30. The third-order valence-corrected chi connectivity index (χ3v) is 5.08. The summed E-state index contributed by atoms with van der Waals surface area (Å²) in [5.74, 6) is -0.563. The molecule has 2 heterocycles. The largest absolute Gasteiger partial charge is 0.480 e. The molecule has 0 spiro atoms. The summed E-state index contributed by atoms with van der Waals surface area (Å²) in [6.45, 7) is 0.621. The van der Waals surface area contributed by atoms with E-state index in [0.717, 1.165) is 44.9 Å². The van der Waals surface area contributed by atoms with Gasteiger partial charge in [0.2, 0.25) is 0 Å². The Morgan fingerprint density at radius 2 is 1.80 bits per heavy atom. The molecule has 112 valence electrons. The van der Waals surface area contributed by atoms with Gasteiger partial charge < -0.3 is 14.7 Å². The summed E-state index contributed by atoms with van der Waals surface area (Å²) in [4.78, 5) is 25.9. The number of hydrogen-bond acceptors (Lipinski definition) is 3. The van der Waals surface area contributed by atoms with Crippen molar-refractivity contribution in [3.8, 4) is 0 Å². The fourth-order valence-corrected chi connectivity index (χ4v) is 4.10. The van der Waals surface area contributed by atoms with Crippen molar-refractivity contribution in [2.75, 3.05) is 6.61 Å². The molecule has 3 aliphatic rings. The molecule has 0 unspecified atom stereocenters. The summed E-state index contributed by atoms with van der Waals surface area (Å²) in [5.41, 5.74) is 0. The number of carboxylic acid groups (broad SMARTS) is 1. The van der Waals surface area contributed by atoms with E-state index in [-0.39, 0.29) is 11.9 Å². The summed E-state index contributed by atoms with van der Waals surface area (Å²) < 4.78 is 5.58. The summed E-state index contributed by atoms with van der Waals surface area (Å²) >= 11 is 0. The molecule has 0 aromatic rings. The molecule has 5 nitrogen and oxygen atoms in total. The quantitative estimate of drug-likeness (QED) is 0.838. The van der Waals surface area contributed by atoms with Crippen LogP contribution >= 0.6 is 0 Å². The van der Waals surface area contributed by atoms with Gasteiger partial charge in [0, 0.05) is 12.6 Å². The van der Waals surface area contributed by atoms with Crippen LogP contribution in [0.25, 0.3) is 0 Å². The third kappa shape index (κ3) is 2.43. The van der Waals surface area contributed by atoms with Crippen molar-refractivity contribution in [1.82, 2.24) is 4.90 Å². The molecule has 0 aromatic heterocycles. The molecule has 20 heavy (non-hydrogen) atoms. The third-order valence-electron chi connectivity index (χ3n) is 5.08. The lowest BCUT2D eigenvalue weighted by Crippen LogP contribution is -2.51. The van der Waals surface area contributed by atoms with Crippen molar-refractivity contribution < 1.29 is 19.4 Å². The number of aliphatic carboxylic acids is 1. The highest BCUT2D eigenvalue weighted by Gasteiger charge is 2.49. The van der Waals surface area contributed by atoms with E-state index in [9.17, 15) is 14.7 Å². The van der Waals surface area contributed by atoms with Crippen LogP contribution < -0.4 is 0 Å². The van der Waals surface area contributed by atoms with Gasteiger partial charge in [-0.15, -0.1) is 0 Å². The van der Waals surface area contributed by atoms with Crippen LogP contribution in [0.1, 0.15) is 51.4 Å². The van der Waals surface area contributed by atoms with Gasteiger partial charge in [-0.05, 0) is 44.4 Å². The Labute approximate surface area is 119 Å². The lowest BCUT2D eigenvalue weighted by atomic mass is 9.84. The fourth-order valence-electron chi connectivity index (χ4n) is 4.10. The minimum absolute atomic E-state index is 0.0773. The van der Waals surface area contributed by atoms with Crippen LogP contribution in [0.3, 0.4) is 0 Å². The van der Waals surface area contributed by atoms with E-state index < -0.39 is 18.1 Å². The van der Waals surface area contributed by atoms with Crippen molar-refractivity contribution in [1.29, 1.82) is 0 Å². The number of ether oxygens (including phenoxy) is 1. The Morgan fingerprint density at radius 3 is 2.50 bits per heavy atom. The molecule has 1 saturated carbocycles. The predicted octanol–water partition coefficient (Wildman–Crippen LogP) is 1.80. The van der Waals surface area contributed by atoms with E-state index in [0.29, 0.717) is 18.9 Å². The molecule has 5 heteroatoms. The van der Waals surface area contributed by atoms with E-state index in [1.807, 2.05) is 0 Å². The Balaban J connectivity index is 1.79. The van der Waals surface area contributed by atoms with Gasteiger partial charge in [-0.3, -0.25) is 4.79 Å². The Kier molecular flexibility index (Phi) is 3.96. The standard InChI is InChI=1S/C15H23NO4/c17-14(13-7-3-4-8-20-13)16-11-6-2-1-5-10(11)9-12(16)15(18)19/h10-13H,1-9H2,(H,18,19)/t10-,11-,12-,13+/m0/s1. The van der Waals surface area contributed by atoms with Crippen LogP contribution in [0.5, 0.6) is 0 Å². The normalized spacial score (nSPS) is 37.5. The van der Waals surface area contributed by atoms with E-state index in [1.165, 1.54) is 0 Å². The molecule has 4 atom stereocenters.